The number of nitrogens with one attached hydrogen (secondary N) is 1. The maximum absolute atomic E-state index is 2.46. The van der Waals surface area contributed by atoms with Crippen LogP contribution in [0.2, 0.25) is 0 Å². The lowest BCUT2D eigenvalue weighted by Crippen LogP contribution is -3.13. The molecule has 2 aliphatic rings. The van der Waals surface area contributed by atoms with Crippen molar-refractivity contribution >= 4 is 0 Å². The summed E-state index contributed by atoms with van der Waals surface area (Å²) in [5, 5.41) is 0. The van der Waals surface area contributed by atoms with E-state index in [0.29, 0.717) is 0 Å². The van der Waals surface area contributed by atoms with Gasteiger partial charge in [0, 0.05) is 5.92 Å². The molecule has 1 heteroatoms. The molecule has 100 valence electrons. The Hall–Kier alpha value is -0.0400. The summed E-state index contributed by atoms with van der Waals surface area (Å²) >= 11 is 0. The number of quaternary nitrogens is 1. The molecule has 0 radical (unpaired) electrons. The third kappa shape index (κ3) is 3.98. The van der Waals surface area contributed by atoms with Crippen LogP contribution in [0.3, 0.4) is 0 Å². The van der Waals surface area contributed by atoms with Gasteiger partial charge < -0.3 is 4.90 Å². The van der Waals surface area contributed by atoms with Crippen LogP contribution in [-0.2, 0) is 0 Å². The minimum atomic E-state index is 0.983. The molecule has 2 atom stereocenters. The van der Waals surface area contributed by atoms with E-state index in [-0.39, 0.29) is 0 Å². The highest BCUT2D eigenvalue weighted by Gasteiger charge is 2.29. The van der Waals surface area contributed by atoms with Crippen LogP contribution in [-0.4, -0.2) is 19.6 Å². The Morgan fingerprint density at radius 3 is 2.00 bits per heavy atom. The molecule has 0 bridgehead atoms. The summed E-state index contributed by atoms with van der Waals surface area (Å²) in [6.07, 6.45) is 8.87. The summed E-state index contributed by atoms with van der Waals surface area (Å²) in [4.78, 5) is 1.92. The van der Waals surface area contributed by atoms with Gasteiger partial charge in [0.05, 0.1) is 19.6 Å². The second-order valence-electron chi connectivity index (χ2n) is 7.09. The first-order chi connectivity index (χ1) is 8.17. The first-order valence-corrected chi connectivity index (χ1v) is 8.00. The van der Waals surface area contributed by atoms with E-state index >= 15 is 0 Å². The Kier molecular flexibility index (Phi) is 4.90. The van der Waals surface area contributed by atoms with Crippen molar-refractivity contribution < 1.29 is 4.90 Å². The zero-order chi connectivity index (χ0) is 12.3. The van der Waals surface area contributed by atoms with E-state index in [2.05, 4.69) is 20.8 Å². The highest BCUT2D eigenvalue weighted by atomic mass is 15.1. The maximum atomic E-state index is 2.46. The van der Waals surface area contributed by atoms with Crippen LogP contribution >= 0.6 is 0 Å². The molecule has 0 aromatic carbocycles. The van der Waals surface area contributed by atoms with Gasteiger partial charge in [0.25, 0.3) is 0 Å². The van der Waals surface area contributed by atoms with Gasteiger partial charge in [-0.2, -0.15) is 0 Å². The van der Waals surface area contributed by atoms with Gasteiger partial charge in [-0.05, 0) is 49.9 Å². The van der Waals surface area contributed by atoms with E-state index in [1.807, 2.05) is 4.90 Å². The van der Waals surface area contributed by atoms with Crippen LogP contribution in [0.4, 0.5) is 0 Å². The lowest BCUT2D eigenvalue weighted by Gasteiger charge is -2.35. The second kappa shape index (κ2) is 6.22. The molecule has 2 unspecified atom stereocenters. The van der Waals surface area contributed by atoms with Crippen molar-refractivity contribution in [3.63, 3.8) is 0 Å². The van der Waals surface area contributed by atoms with Gasteiger partial charge in [-0.25, -0.2) is 0 Å². The molecule has 1 saturated heterocycles. The lowest BCUT2D eigenvalue weighted by molar-refractivity contribution is -0.909. The van der Waals surface area contributed by atoms with Crippen molar-refractivity contribution in [2.45, 2.75) is 59.3 Å². The summed E-state index contributed by atoms with van der Waals surface area (Å²) in [6, 6.07) is 0. The highest BCUT2D eigenvalue weighted by Crippen LogP contribution is 2.32. The van der Waals surface area contributed by atoms with Crippen LogP contribution in [0.1, 0.15) is 59.3 Å². The van der Waals surface area contributed by atoms with Crippen molar-refractivity contribution in [3.8, 4) is 0 Å². The third-order valence-corrected chi connectivity index (χ3v) is 5.24. The van der Waals surface area contributed by atoms with Crippen molar-refractivity contribution in [2.24, 2.45) is 23.7 Å². The predicted molar refractivity (Wildman–Crippen MR) is 74.2 cm³/mol. The number of hydrogen-bond donors (Lipinski definition) is 1. The van der Waals surface area contributed by atoms with Crippen LogP contribution < -0.4 is 4.90 Å². The van der Waals surface area contributed by atoms with Crippen molar-refractivity contribution in [2.75, 3.05) is 19.6 Å². The van der Waals surface area contributed by atoms with E-state index in [1.165, 1.54) is 58.2 Å². The second-order valence-corrected chi connectivity index (χ2v) is 7.09. The first kappa shape index (κ1) is 13.4. The van der Waals surface area contributed by atoms with Crippen molar-refractivity contribution in [3.05, 3.63) is 0 Å². The SMILES string of the molecule is CCC1CC[NH+](CC2CC(C)CC(C)C2)CC1. The fourth-order valence-corrected chi connectivity index (χ4v) is 4.39. The number of rotatable bonds is 3. The normalized spacial score (nSPS) is 43.6. The van der Waals surface area contributed by atoms with Crippen LogP contribution in [0, 0.1) is 23.7 Å². The Balaban J connectivity index is 1.74. The van der Waals surface area contributed by atoms with Gasteiger partial charge >= 0.3 is 0 Å². The van der Waals surface area contributed by atoms with Crippen molar-refractivity contribution in [1.82, 2.24) is 0 Å². The molecule has 0 spiro atoms. The molecule has 0 aromatic rings. The van der Waals surface area contributed by atoms with E-state index in [1.54, 1.807) is 0 Å². The Bertz CT molecular complexity index is 208. The average molecular weight is 238 g/mol. The van der Waals surface area contributed by atoms with E-state index in [9.17, 15) is 0 Å². The van der Waals surface area contributed by atoms with E-state index in [0.717, 1.165) is 23.7 Å². The first-order valence-electron chi connectivity index (χ1n) is 8.00. The molecule has 1 aliphatic carbocycles. The van der Waals surface area contributed by atoms with E-state index < -0.39 is 0 Å². The molecule has 0 aromatic heterocycles. The average Bonchev–Trinajstić information content (AvgIpc) is 2.28. The van der Waals surface area contributed by atoms with Gasteiger partial charge in [0.15, 0.2) is 0 Å². The maximum Gasteiger partial charge on any atom is 0.0799 e. The molecule has 17 heavy (non-hydrogen) atoms. The number of hydrogen-bond acceptors (Lipinski definition) is 0. The monoisotopic (exact) mass is 238 g/mol. The highest BCUT2D eigenvalue weighted by molar-refractivity contribution is 4.74. The zero-order valence-electron chi connectivity index (χ0n) is 12.2. The molecule has 2 rings (SSSR count). The summed E-state index contributed by atoms with van der Waals surface area (Å²) in [6.45, 7) is 11.7. The van der Waals surface area contributed by atoms with Gasteiger partial charge in [0.1, 0.15) is 0 Å². The fraction of sp³-hybridized carbons (Fsp3) is 1.00. The van der Waals surface area contributed by atoms with Gasteiger partial charge in [-0.1, -0.05) is 27.2 Å². The van der Waals surface area contributed by atoms with Crippen LogP contribution in [0.25, 0.3) is 0 Å². The van der Waals surface area contributed by atoms with Crippen LogP contribution in [0.5, 0.6) is 0 Å². The largest absolute Gasteiger partial charge is 0.335 e. The summed E-state index contributed by atoms with van der Waals surface area (Å²) in [7, 11) is 0. The zero-order valence-corrected chi connectivity index (χ0v) is 12.2. The summed E-state index contributed by atoms with van der Waals surface area (Å²) in [5.41, 5.74) is 0. The van der Waals surface area contributed by atoms with Gasteiger partial charge in [0.2, 0.25) is 0 Å². The molecule has 1 aliphatic heterocycles. The smallest absolute Gasteiger partial charge is 0.0799 e. The summed E-state index contributed by atoms with van der Waals surface area (Å²) in [5.74, 6) is 4.04. The number of likely N-dealkylation sites (tertiary alicyclic amines) is 1. The molecule has 1 heterocycles. The topological polar surface area (TPSA) is 4.44 Å². The Morgan fingerprint density at radius 2 is 1.47 bits per heavy atom. The van der Waals surface area contributed by atoms with E-state index in [4.69, 9.17) is 0 Å². The summed E-state index contributed by atoms with van der Waals surface area (Å²) < 4.78 is 0. The molecule has 0 amide bonds. The van der Waals surface area contributed by atoms with Crippen LogP contribution in [0.15, 0.2) is 0 Å². The third-order valence-electron chi connectivity index (χ3n) is 5.24. The molecule has 1 saturated carbocycles. The number of piperidine rings is 1. The minimum absolute atomic E-state index is 0.983. The standard InChI is InChI=1S/C16H31N/c1-4-15-5-7-17(8-6-15)12-16-10-13(2)9-14(3)11-16/h13-16H,4-12H2,1-3H3/p+1. The molecule has 2 fully saturated rings. The quantitative estimate of drug-likeness (QED) is 0.771. The predicted octanol–water partition coefficient (Wildman–Crippen LogP) is 2.76. The van der Waals surface area contributed by atoms with Gasteiger partial charge in [-0.15, -0.1) is 0 Å². The molecule has 1 nitrogen and oxygen atoms in total. The molecular weight excluding hydrogens is 206 g/mol. The lowest BCUT2D eigenvalue weighted by atomic mass is 9.76. The Labute approximate surface area is 108 Å². The van der Waals surface area contributed by atoms with Crippen molar-refractivity contribution in [1.29, 1.82) is 0 Å². The Morgan fingerprint density at radius 1 is 0.882 bits per heavy atom. The molecular formula is C16H32N+. The fourth-order valence-electron chi connectivity index (χ4n) is 4.39. The minimum Gasteiger partial charge on any atom is -0.335 e. The molecule has 1 N–H and O–H groups in total. The van der Waals surface area contributed by atoms with Gasteiger partial charge in [-0.3, -0.25) is 0 Å².